The fourth-order valence-electron chi connectivity index (χ4n) is 1.41. The molecule has 80 valence electrons. The monoisotopic (exact) mass is 336 g/mol. The van der Waals surface area contributed by atoms with Crippen LogP contribution in [-0.4, -0.2) is 0 Å². The van der Waals surface area contributed by atoms with Crippen LogP contribution in [-0.2, 0) is 0 Å². The van der Waals surface area contributed by atoms with Gasteiger partial charge in [0.25, 0.3) is 0 Å². The van der Waals surface area contributed by atoms with Gasteiger partial charge in [0.05, 0.1) is 0 Å². The zero-order valence-corrected chi connectivity index (χ0v) is 11.7. The normalized spacial score (nSPS) is 10.9. The van der Waals surface area contributed by atoms with Gasteiger partial charge in [-0.1, -0.05) is 74.3 Å². The minimum atomic E-state index is 1.10. The first-order chi connectivity index (χ1) is 7.75. The summed E-state index contributed by atoms with van der Waals surface area (Å²) in [4.78, 5) is 0. The Bertz CT molecular complexity index is 516. The lowest BCUT2D eigenvalue weighted by molar-refractivity contribution is 1.59. The van der Waals surface area contributed by atoms with Crippen LogP contribution in [0.5, 0.6) is 0 Å². The van der Waals surface area contributed by atoms with E-state index in [-0.39, 0.29) is 0 Å². The number of rotatable bonds is 2. The molecule has 16 heavy (non-hydrogen) atoms. The number of hydrogen-bond acceptors (Lipinski definition) is 0. The Morgan fingerprint density at radius 2 is 1.62 bits per heavy atom. The molecule has 0 atom stereocenters. The third-order valence-electron chi connectivity index (χ3n) is 2.21. The molecule has 0 heterocycles. The molecule has 0 amide bonds. The van der Waals surface area contributed by atoms with Crippen molar-refractivity contribution in [3.05, 3.63) is 68.6 Å². The number of benzene rings is 2. The van der Waals surface area contributed by atoms with Crippen LogP contribution in [0.15, 0.2) is 57.5 Å². The molecule has 0 fully saturated rings. The van der Waals surface area contributed by atoms with Crippen molar-refractivity contribution in [1.82, 2.24) is 0 Å². The number of halogens is 2. The van der Waals surface area contributed by atoms with Crippen LogP contribution in [0.2, 0.25) is 0 Å². The van der Waals surface area contributed by atoms with E-state index in [0.29, 0.717) is 0 Å². The molecule has 2 aromatic rings. The molecular weight excluding hydrogens is 328 g/mol. The quantitative estimate of drug-likeness (QED) is 0.645. The molecule has 2 aromatic carbocycles. The van der Waals surface area contributed by atoms with Crippen molar-refractivity contribution in [2.75, 3.05) is 0 Å². The Labute approximate surface area is 112 Å². The van der Waals surface area contributed by atoms with Gasteiger partial charge in [0.1, 0.15) is 0 Å². The van der Waals surface area contributed by atoms with E-state index in [2.05, 4.69) is 62.2 Å². The highest BCUT2D eigenvalue weighted by Crippen LogP contribution is 2.19. The molecule has 0 nitrogen and oxygen atoms in total. The first-order valence-electron chi connectivity index (χ1n) is 4.94. The molecule has 2 rings (SSSR count). The highest BCUT2D eigenvalue weighted by molar-refractivity contribution is 9.10. The molecule has 0 aliphatic heterocycles. The van der Waals surface area contributed by atoms with E-state index >= 15 is 0 Å². The van der Waals surface area contributed by atoms with Crippen molar-refractivity contribution in [3.8, 4) is 0 Å². The van der Waals surface area contributed by atoms with Crippen molar-refractivity contribution in [2.24, 2.45) is 0 Å². The summed E-state index contributed by atoms with van der Waals surface area (Å²) in [5, 5.41) is 0. The van der Waals surface area contributed by atoms with Crippen molar-refractivity contribution in [3.63, 3.8) is 0 Å². The molecule has 0 N–H and O–H groups in total. The molecule has 0 aliphatic carbocycles. The second-order valence-electron chi connectivity index (χ2n) is 3.41. The van der Waals surface area contributed by atoms with Gasteiger partial charge < -0.3 is 0 Å². The molecule has 0 radical (unpaired) electrons. The fourth-order valence-corrected chi connectivity index (χ4v) is 2.24. The van der Waals surface area contributed by atoms with Gasteiger partial charge in [0, 0.05) is 8.95 Å². The predicted molar refractivity (Wildman–Crippen MR) is 77.2 cm³/mol. The predicted octanol–water partition coefficient (Wildman–Crippen LogP) is 5.38. The van der Waals surface area contributed by atoms with Gasteiger partial charge in [-0.25, -0.2) is 0 Å². The Morgan fingerprint density at radius 3 is 2.38 bits per heavy atom. The van der Waals surface area contributed by atoms with Crippen LogP contribution in [0, 0.1) is 0 Å². The van der Waals surface area contributed by atoms with E-state index in [0.717, 1.165) is 8.95 Å². The van der Waals surface area contributed by atoms with Gasteiger partial charge in [0.2, 0.25) is 0 Å². The van der Waals surface area contributed by atoms with E-state index < -0.39 is 0 Å². The average Bonchev–Trinajstić information content (AvgIpc) is 2.28. The summed E-state index contributed by atoms with van der Waals surface area (Å²) < 4.78 is 2.21. The summed E-state index contributed by atoms with van der Waals surface area (Å²) in [6.07, 6.45) is 4.21. The first-order valence-corrected chi connectivity index (χ1v) is 6.52. The Morgan fingerprint density at radius 1 is 0.812 bits per heavy atom. The maximum atomic E-state index is 3.52. The van der Waals surface area contributed by atoms with E-state index in [4.69, 9.17) is 0 Å². The van der Waals surface area contributed by atoms with Gasteiger partial charge in [-0.3, -0.25) is 0 Å². The highest BCUT2D eigenvalue weighted by atomic mass is 79.9. The molecular formula is C14H10Br2. The lowest BCUT2D eigenvalue weighted by Gasteiger charge is -1.98. The zero-order valence-electron chi connectivity index (χ0n) is 8.53. The summed E-state index contributed by atoms with van der Waals surface area (Å²) >= 11 is 6.98. The van der Waals surface area contributed by atoms with Crippen LogP contribution in [0.4, 0.5) is 0 Å². The zero-order chi connectivity index (χ0) is 11.4. The molecule has 0 spiro atoms. The van der Waals surface area contributed by atoms with E-state index in [9.17, 15) is 0 Å². The third kappa shape index (κ3) is 3.06. The molecule has 0 saturated heterocycles. The van der Waals surface area contributed by atoms with E-state index in [1.54, 1.807) is 0 Å². The van der Waals surface area contributed by atoms with Crippen LogP contribution < -0.4 is 0 Å². The topological polar surface area (TPSA) is 0 Å². The lowest BCUT2D eigenvalue weighted by atomic mass is 10.1. The second kappa shape index (κ2) is 5.46. The Balaban J connectivity index is 2.25. The van der Waals surface area contributed by atoms with Crippen LogP contribution in [0.1, 0.15) is 11.1 Å². The summed E-state index contributed by atoms with van der Waals surface area (Å²) in [6, 6.07) is 16.4. The van der Waals surface area contributed by atoms with Gasteiger partial charge >= 0.3 is 0 Å². The number of hydrogen-bond donors (Lipinski definition) is 0. The molecule has 0 saturated carbocycles. The second-order valence-corrected chi connectivity index (χ2v) is 5.18. The molecule has 2 heteroatoms. The van der Waals surface area contributed by atoms with Gasteiger partial charge in [-0.05, 0) is 29.3 Å². The summed E-state index contributed by atoms with van der Waals surface area (Å²) in [5.74, 6) is 0. The molecule has 0 aliphatic rings. The average molecular weight is 338 g/mol. The van der Waals surface area contributed by atoms with Gasteiger partial charge in [-0.2, -0.15) is 0 Å². The molecule has 0 aromatic heterocycles. The lowest BCUT2D eigenvalue weighted by Crippen LogP contribution is -1.75. The van der Waals surface area contributed by atoms with Gasteiger partial charge in [-0.15, -0.1) is 0 Å². The van der Waals surface area contributed by atoms with E-state index in [1.807, 2.05) is 30.3 Å². The largest absolute Gasteiger partial charge is 0.0616 e. The van der Waals surface area contributed by atoms with Crippen LogP contribution >= 0.6 is 31.9 Å². The smallest absolute Gasteiger partial charge is 0.0247 e. The van der Waals surface area contributed by atoms with Crippen LogP contribution in [0.25, 0.3) is 12.2 Å². The van der Waals surface area contributed by atoms with Crippen LogP contribution in [0.3, 0.4) is 0 Å². The minimum Gasteiger partial charge on any atom is -0.0616 e. The van der Waals surface area contributed by atoms with Crippen molar-refractivity contribution in [2.45, 2.75) is 0 Å². The van der Waals surface area contributed by atoms with Gasteiger partial charge in [0.15, 0.2) is 0 Å². The maximum absolute atomic E-state index is 3.52. The Kier molecular flexibility index (Phi) is 3.97. The summed E-state index contributed by atoms with van der Waals surface area (Å²) in [5.41, 5.74) is 2.37. The minimum absolute atomic E-state index is 1.10. The highest BCUT2D eigenvalue weighted by Gasteiger charge is 1.93. The van der Waals surface area contributed by atoms with E-state index in [1.165, 1.54) is 11.1 Å². The van der Waals surface area contributed by atoms with Crippen molar-refractivity contribution < 1.29 is 0 Å². The van der Waals surface area contributed by atoms with Crippen molar-refractivity contribution >= 4 is 44.0 Å². The Hall–Kier alpha value is -0.860. The standard InChI is InChI=1S/C14H10Br2/c15-13-6-3-4-11(10-13)8-9-12-5-1-2-7-14(12)16/h1-10H/b9-8+. The summed E-state index contributed by atoms with van der Waals surface area (Å²) in [7, 11) is 0. The third-order valence-corrected chi connectivity index (χ3v) is 3.42. The molecule has 0 bridgehead atoms. The van der Waals surface area contributed by atoms with Crippen molar-refractivity contribution in [1.29, 1.82) is 0 Å². The fraction of sp³-hybridized carbons (Fsp3) is 0. The SMILES string of the molecule is Brc1cccc(/C=C/c2ccccc2Br)c1. The maximum Gasteiger partial charge on any atom is 0.0247 e. The first kappa shape index (κ1) is 11.6. The summed E-state index contributed by atoms with van der Waals surface area (Å²) in [6.45, 7) is 0. The molecule has 0 unspecified atom stereocenters.